The maximum absolute atomic E-state index is 12.1. The number of ether oxygens (including phenoxy) is 1. The summed E-state index contributed by atoms with van der Waals surface area (Å²) in [6, 6.07) is 0.246. The lowest BCUT2D eigenvalue weighted by atomic mass is 10.1. The van der Waals surface area contributed by atoms with Crippen molar-refractivity contribution in [1.29, 1.82) is 0 Å². The Labute approximate surface area is 141 Å². The van der Waals surface area contributed by atoms with E-state index in [-0.39, 0.29) is 30.8 Å². The quantitative estimate of drug-likeness (QED) is 0.660. The third-order valence-corrected chi connectivity index (χ3v) is 4.68. The summed E-state index contributed by atoms with van der Waals surface area (Å²) in [5, 5.41) is 2.41. The minimum Gasteiger partial charge on any atom is -0.455 e. The highest BCUT2D eigenvalue weighted by atomic mass is 16.5. The number of hydrogen-bond donors (Lipinski definition) is 1. The minimum absolute atomic E-state index is 0.00749. The zero-order valence-electron chi connectivity index (χ0n) is 14.2. The fourth-order valence-corrected chi connectivity index (χ4v) is 3.20. The number of likely N-dealkylation sites (N-methyl/N-ethyl adjacent to an activating group) is 2. The lowest BCUT2D eigenvalue weighted by Crippen LogP contribution is -2.39. The van der Waals surface area contributed by atoms with E-state index in [0.717, 1.165) is 25.7 Å². The Bertz CT molecular complexity index is 516. The first-order valence-electron chi connectivity index (χ1n) is 8.33. The second-order valence-electron chi connectivity index (χ2n) is 6.42. The predicted molar refractivity (Wildman–Crippen MR) is 84.7 cm³/mol. The molecule has 0 bridgehead atoms. The number of nitrogens with one attached hydrogen (secondary N) is 1. The Morgan fingerprint density at radius 3 is 2.58 bits per heavy atom. The van der Waals surface area contributed by atoms with Gasteiger partial charge in [0.1, 0.15) is 0 Å². The van der Waals surface area contributed by atoms with Crippen LogP contribution in [0.15, 0.2) is 0 Å². The van der Waals surface area contributed by atoms with Gasteiger partial charge in [0.25, 0.3) is 5.91 Å². The highest BCUT2D eigenvalue weighted by molar-refractivity contribution is 5.89. The number of carbonyl (C=O) groups is 4. The predicted octanol–water partition coefficient (Wildman–Crippen LogP) is -0.475. The van der Waals surface area contributed by atoms with E-state index in [4.69, 9.17) is 4.74 Å². The first-order chi connectivity index (χ1) is 11.4. The summed E-state index contributed by atoms with van der Waals surface area (Å²) in [6.07, 6.45) is 4.38. The molecule has 3 amide bonds. The maximum atomic E-state index is 12.1. The molecule has 8 heteroatoms. The first kappa shape index (κ1) is 18.2. The fourth-order valence-electron chi connectivity index (χ4n) is 3.20. The van der Waals surface area contributed by atoms with Gasteiger partial charge < -0.3 is 19.9 Å². The van der Waals surface area contributed by atoms with Crippen molar-refractivity contribution in [2.45, 2.75) is 38.1 Å². The van der Waals surface area contributed by atoms with E-state index in [1.54, 1.807) is 4.90 Å². The Balaban J connectivity index is 1.77. The smallest absolute Gasteiger partial charge is 0.311 e. The van der Waals surface area contributed by atoms with Crippen LogP contribution in [0.5, 0.6) is 0 Å². The van der Waals surface area contributed by atoms with Crippen molar-refractivity contribution in [1.82, 2.24) is 15.1 Å². The highest BCUT2D eigenvalue weighted by Gasteiger charge is 2.39. The van der Waals surface area contributed by atoms with Gasteiger partial charge in [0.15, 0.2) is 6.61 Å². The summed E-state index contributed by atoms with van der Waals surface area (Å²) in [7, 11) is 2.94. The van der Waals surface area contributed by atoms with Gasteiger partial charge >= 0.3 is 5.97 Å². The van der Waals surface area contributed by atoms with Gasteiger partial charge in [-0.2, -0.15) is 0 Å². The molecule has 0 unspecified atom stereocenters. The average Bonchev–Trinajstić information content (AvgIpc) is 3.21. The molecule has 0 aromatic heterocycles. The molecular formula is C16H25N3O5. The number of esters is 1. The molecule has 1 saturated heterocycles. The van der Waals surface area contributed by atoms with Crippen LogP contribution in [0.25, 0.3) is 0 Å². The Hall–Kier alpha value is -2.12. The van der Waals surface area contributed by atoms with Crippen LogP contribution in [0.3, 0.4) is 0 Å². The van der Waals surface area contributed by atoms with Crippen LogP contribution in [0.2, 0.25) is 0 Å². The number of carbonyl (C=O) groups excluding carboxylic acids is 4. The lowest BCUT2D eigenvalue weighted by Gasteiger charge is -2.23. The zero-order chi connectivity index (χ0) is 17.7. The number of amides is 3. The number of likely N-dealkylation sites (tertiary alicyclic amines) is 1. The second kappa shape index (κ2) is 8.12. The molecular weight excluding hydrogens is 314 g/mol. The Morgan fingerprint density at radius 2 is 1.96 bits per heavy atom. The molecule has 1 N–H and O–H groups in total. The van der Waals surface area contributed by atoms with Crippen molar-refractivity contribution in [2.24, 2.45) is 5.92 Å². The van der Waals surface area contributed by atoms with Crippen molar-refractivity contribution >= 4 is 23.7 Å². The van der Waals surface area contributed by atoms with E-state index in [1.807, 2.05) is 0 Å². The van der Waals surface area contributed by atoms with E-state index >= 15 is 0 Å². The molecule has 0 aromatic carbocycles. The largest absolute Gasteiger partial charge is 0.455 e. The first-order valence-corrected chi connectivity index (χ1v) is 8.33. The molecule has 8 nitrogen and oxygen atoms in total. The molecule has 0 radical (unpaired) electrons. The van der Waals surface area contributed by atoms with Gasteiger partial charge in [0, 0.05) is 33.1 Å². The number of nitrogens with zero attached hydrogens (tertiary/aromatic N) is 2. The van der Waals surface area contributed by atoms with Gasteiger partial charge in [-0.15, -0.1) is 0 Å². The van der Waals surface area contributed by atoms with Crippen LogP contribution in [0.4, 0.5) is 0 Å². The van der Waals surface area contributed by atoms with E-state index in [2.05, 4.69) is 5.32 Å². The fraction of sp³-hybridized carbons (Fsp3) is 0.750. The summed E-state index contributed by atoms with van der Waals surface area (Å²) in [4.78, 5) is 50.2. The molecule has 2 rings (SSSR count). The van der Waals surface area contributed by atoms with Crippen LogP contribution in [0.1, 0.15) is 32.1 Å². The number of hydrogen-bond acceptors (Lipinski definition) is 5. The van der Waals surface area contributed by atoms with Crippen LogP contribution in [-0.4, -0.2) is 73.3 Å². The molecule has 1 saturated carbocycles. The van der Waals surface area contributed by atoms with Gasteiger partial charge in [-0.05, 0) is 12.8 Å². The van der Waals surface area contributed by atoms with E-state index in [1.165, 1.54) is 19.0 Å². The maximum Gasteiger partial charge on any atom is 0.311 e. The van der Waals surface area contributed by atoms with Gasteiger partial charge in [-0.25, -0.2) is 0 Å². The van der Waals surface area contributed by atoms with Crippen LogP contribution < -0.4 is 5.32 Å². The lowest BCUT2D eigenvalue weighted by molar-refractivity contribution is -0.155. The molecule has 2 aliphatic rings. The van der Waals surface area contributed by atoms with Crippen LogP contribution in [0, 0.1) is 5.92 Å². The molecule has 1 atom stereocenters. The van der Waals surface area contributed by atoms with Crippen molar-refractivity contribution in [3.05, 3.63) is 0 Å². The topological polar surface area (TPSA) is 96.0 Å². The van der Waals surface area contributed by atoms with Gasteiger partial charge in [-0.3, -0.25) is 19.2 Å². The summed E-state index contributed by atoms with van der Waals surface area (Å²) in [6.45, 7) is -0.130. The second-order valence-corrected chi connectivity index (χ2v) is 6.42. The van der Waals surface area contributed by atoms with E-state index in [9.17, 15) is 19.2 Å². The van der Waals surface area contributed by atoms with Crippen LogP contribution in [-0.2, 0) is 23.9 Å². The average molecular weight is 339 g/mol. The highest BCUT2D eigenvalue weighted by Crippen LogP contribution is 2.29. The monoisotopic (exact) mass is 339 g/mol. The molecule has 24 heavy (non-hydrogen) atoms. The van der Waals surface area contributed by atoms with Gasteiger partial charge in [0.2, 0.25) is 11.8 Å². The molecule has 1 aliphatic carbocycles. The minimum atomic E-state index is -0.523. The van der Waals surface area contributed by atoms with Crippen molar-refractivity contribution in [3.8, 4) is 0 Å². The molecule has 1 aliphatic heterocycles. The normalized spacial score (nSPS) is 21.0. The summed E-state index contributed by atoms with van der Waals surface area (Å²) < 4.78 is 5.04. The molecule has 0 aromatic rings. The van der Waals surface area contributed by atoms with Crippen molar-refractivity contribution in [3.63, 3.8) is 0 Å². The molecule has 134 valence electrons. The molecule has 1 heterocycles. The summed E-state index contributed by atoms with van der Waals surface area (Å²) >= 11 is 0. The zero-order valence-corrected chi connectivity index (χ0v) is 14.2. The van der Waals surface area contributed by atoms with Gasteiger partial charge in [0.05, 0.1) is 12.5 Å². The van der Waals surface area contributed by atoms with E-state index < -0.39 is 24.4 Å². The van der Waals surface area contributed by atoms with E-state index in [0.29, 0.717) is 6.54 Å². The molecule has 0 spiro atoms. The van der Waals surface area contributed by atoms with Gasteiger partial charge in [-0.1, -0.05) is 12.8 Å². The third kappa shape index (κ3) is 4.46. The third-order valence-electron chi connectivity index (χ3n) is 4.68. The molecule has 2 fully saturated rings. The van der Waals surface area contributed by atoms with Crippen LogP contribution >= 0.6 is 0 Å². The number of rotatable bonds is 6. The standard InChI is InChI=1S/C16H25N3O5/c1-17-13(20)9-18(2)15(22)10-24-16(23)11-7-14(21)19(8-11)12-5-3-4-6-12/h11-12H,3-10H2,1-2H3,(H,17,20)/t11-/m1/s1. The Morgan fingerprint density at radius 1 is 1.29 bits per heavy atom. The summed E-state index contributed by atoms with van der Waals surface area (Å²) in [5.41, 5.74) is 0. The summed E-state index contributed by atoms with van der Waals surface area (Å²) in [5.74, 6) is -1.79. The Kier molecular flexibility index (Phi) is 6.16. The van der Waals surface area contributed by atoms with Crippen molar-refractivity contribution < 1.29 is 23.9 Å². The van der Waals surface area contributed by atoms with Crippen molar-refractivity contribution in [2.75, 3.05) is 33.8 Å². The SMILES string of the molecule is CNC(=O)CN(C)C(=O)COC(=O)[C@@H]1CC(=O)N(C2CCCC2)C1.